The fraction of sp³-hybridized carbons (Fsp3) is 0.188. The second-order valence-electron chi connectivity index (χ2n) is 5.00. The van der Waals surface area contributed by atoms with Crippen molar-refractivity contribution in [1.29, 1.82) is 0 Å². The van der Waals surface area contributed by atoms with Crippen LogP contribution in [0.2, 0.25) is 0 Å². The Morgan fingerprint density at radius 2 is 1.95 bits per heavy atom. The first kappa shape index (κ1) is 14.1. The summed E-state index contributed by atoms with van der Waals surface area (Å²) in [7, 11) is 3.35. The number of carbonyl (C=O) groups is 1. The van der Waals surface area contributed by atoms with Gasteiger partial charge in [-0.1, -0.05) is 0 Å². The van der Waals surface area contributed by atoms with Gasteiger partial charge in [0.15, 0.2) is 5.65 Å². The van der Waals surface area contributed by atoms with Crippen molar-refractivity contribution in [2.45, 2.75) is 6.92 Å². The number of carboxylic acid groups (broad SMARTS) is 1. The Bertz CT molecular complexity index is 866. The average molecular weight is 297 g/mol. The molecule has 0 saturated carbocycles. The minimum atomic E-state index is -0.988. The van der Waals surface area contributed by atoms with Gasteiger partial charge in [-0.15, -0.1) is 0 Å². The second-order valence-corrected chi connectivity index (χ2v) is 5.00. The summed E-state index contributed by atoms with van der Waals surface area (Å²) in [5, 5.41) is 14.3. The van der Waals surface area contributed by atoms with Crippen LogP contribution >= 0.6 is 0 Å². The van der Waals surface area contributed by atoms with E-state index in [1.54, 1.807) is 31.8 Å². The molecule has 2 heterocycles. The number of hydrogen-bond donors (Lipinski definition) is 1. The fourth-order valence-corrected chi connectivity index (χ4v) is 2.52. The maximum Gasteiger partial charge on any atom is 0.336 e. The molecule has 1 aromatic carbocycles. The minimum absolute atomic E-state index is 0.210. The zero-order valence-corrected chi connectivity index (χ0v) is 12.5. The lowest BCUT2D eigenvalue weighted by Gasteiger charge is -2.06. The van der Waals surface area contributed by atoms with E-state index in [9.17, 15) is 9.90 Å². The molecule has 0 aliphatic carbocycles. The van der Waals surface area contributed by atoms with Crippen LogP contribution in [0, 0.1) is 6.92 Å². The van der Waals surface area contributed by atoms with E-state index in [-0.39, 0.29) is 5.56 Å². The van der Waals surface area contributed by atoms with Crippen LogP contribution in [0.4, 0.5) is 0 Å². The molecule has 0 amide bonds. The quantitative estimate of drug-likeness (QED) is 0.804. The number of pyridine rings is 1. The third-order valence-corrected chi connectivity index (χ3v) is 3.58. The van der Waals surface area contributed by atoms with Crippen LogP contribution < -0.4 is 4.74 Å². The number of aryl methyl sites for hydroxylation is 2. The lowest BCUT2D eigenvalue weighted by molar-refractivity contribution is 0.0699. The molecule has 22 heavy (non-hydrogen) atoms. The number of carboxylic acids is 1. The highest BCUT2D eigenvalue weighted by atomic mass is 16.5. The van der Waals surface area contributed by atoms with Gasteiger partial charge in [0.1, 0.15) is 5.75 Å². The second kappa shape index (κ2) is 5.14. The molecule has 3 rings (SSSR count). The van der Waals surface area contributed by atoms with Crippen molar-refractivity contribution in [3.05, 3.63) is 41.6 Å². The number of rotatable bonds is 3. The number of aromatic carboxylic acids is 1. The van der Waals surface area contributed by atoms with Crippen molar-refractivity contribution >= 4 is 17.0 Å². The van der Waals surface area contributed by atoms with Crippen LogP contribution in [-0.2, 0) is 7.05 Å². The highest BCUT2D eigenvalue weighted by Gasteiger charge is 2.18. The molecule has 0 fully saturated rings. The molecule has 2 aromatic heterocycles. The van der Waals surface area contributed by atoms with Gasteiger partial charge in [0.2, 0.25) is 0 Å². The van der Waals surface area contributed by atoms with Crippen LogP contribution in [0.25, 0.3) is 22.3 Å². The maximum absolute atomic E-state index is 11.6. The SMILES string of the molecule is COc1ccc(-c2cc(C(=O)O)c3c(C)nn(C)c3n2)cc1. The van der Waals surface area contributed by atoms with Crippen molar-refractivity contribution in [3.8, 4) is 17.0 Å². The van der Waals surface area contributed by atoms with Crippen LogP contribution in [0.3, 0.4) is 0 Å². The molecule has 0 spiro atoms. The van der Waals surface area contributed by atoms with Gasteiger partial charge in [0.05, 0.1) is 29.4 Å². The summed E-state index contributed by atoms with van der Waals surface area (Å²) in [5.74, 6) is -0.252. The Kier molecular flexibility index (Phi) is 3.29. The zero-order valence-electron chi connectivity index (χ0n) is 12.5. The van der Waals surface area contributed by atoms with E-state index in [4.69, 9.17) is 4.74 Å². The smallest absolute Gasteiger partial charge is 0.336 e. The molecule has 0 unspecified atom stereocenters. The van der Waals surface area contributed by atoms with E-state index in [0.717, 1.165) is 11.3 Å². The first-order valence-electron chi connectivity index (χ1n) is 6.73. The van der Waals surface area contributed by atoms with Crippen molar-refractivity contribution in [2.75, 3.05) is 7.11 Å². The van der Waals surface area contributed by atoms with Crippen LogP contribution in [0.15, 0.2) is 30.3 Å². The Morgan fingerprint density at radius 1 is 1.27 bits per heavy atom. The number of benzene rings is 1. The highest BCUT2D eigenvalue weighted by molar-refractivity contribution is 6.04. The zero-order chi connectivity index (χ0) is 15.9. The van der Waals surface area contributed by atoms with Gasteiger partial charge in [-0.2, -0.15) is 5.10 Å². The summed E-state index contributed by atoms with van der Waals surface area (Å²) in [5.41, 5.74) is 2.84. The standard InChI is InChI=1S/C16H15N3O3/c1-9-14-12(16(20)21)8-13(17-15(14)19(2)18-9)10-4-6-11(22-3)7-5-10/h4-8H,1-3H3,(H,20,21). The molecule has 6 heteroatoms. The predicted molar refractivity (Wildman–Crippen MR) is 82.2 cm³/mol. The van der Waals surface area contributed by atoms with Gasteiger partial charge in [-0.3, -0.25) is 4.68 Å². The molecule has 0 aliphatic heterocycles. The monoisotopic (exact) mass is 297 g/mol. The Labute approximate surface area is 127 Å². The summed E-state index contributed by atoms with van der Waals surface area (Å²) in [6.07, 6.45) is 0. The summed E-state index contributed by atoms with van der Waals surface area (Å²) < 4.78 is 6.73. The van der Waals surface area contributed by atoms with Crippen molar-refractivity contribution < 1.29 is 14.6 Å². The molecule has 0 radical (unpaired) electrons. The molecule has 0 bridgehead atoms. The topological polar surface area (TPSA) is 77.2 Å². The van der Waals surface area contributed by atoms with E-state index < -0.39 is 5.97 Å². The maximum atomic E-state index is 11.6. The molecule has 0 saturated heterocycles. The minimum Gasteiger partial charge on any atom is -0.497 e. The molecule has 112 valence electrons. The number of hydrogen-bond acceptors (Lipinski definition) is 4. The third kappa shape index (κ3) is 2.18. The Balaban J connectivity index is 2.26. The third-order valence-electron chi connectivity index (χ3n) is 3.58. The first-order valence-corrected chi connectivity index (χ1v) is 6.73. The van der Waals surface area contributed by atoms with E-state index >= 15 is 0 Å². The number of ether oxygens (including phenoxy) is 1. The van der Waals surface area contributed by atoms with Gasteiger partial charge >= 0.3 is 5.97 Å². The number of aromatic nitrogens is 3. The molecule has 6 nitrogen and oxygen atoms in total. The van der Waals surface area contributed by atoms with Crippen LogP contribution in [0.1, 0.15) is 16.1 Å². The summed E-state index contributed by atoms with van der Waals surface area (Å²) in [4.78, 5) is 16.1. The highest BCUT2D eigenvalue weighted by Crippen LogP contribution is 2.27. The van der Waals surface area contributed by atoms with Crippen molar-refractivity contribution in [1.82, 2.24) is 14.8 Å². The van der Waals surface area contributed by atoms with Gasteiger partial charge < -0.3 is 9.84 Å². The first-order chi connectivity index (χ1) is 10.5. The van der Waals surface area contributed by atoms with Crippen LogP contribution in [-0.4, -0.2) is 33.0 Å². The van der Waals surface area contributed by atoms with Crippen LogP contribution in [0.5, 0.6) is 5.75 Å². The largest absolute Gasteiger partial charge is 0.497 e. The lowest BCUT2D eigenvalue weighted by atomic mass is 10.1. The summed E-state index contributed by atoms with van der Waals surface area (Å²) in [6.45, 7) is 1.78. The molecule has 0 aliphatic rings. The number of nitrogens with zero attached hydrogens (tertiary/aromatic N) is 3. The number of methoxy groups -OCH3 is 1. The van der Waals surface area contributed by atoms with E-state index in [1.165, 1.54) is 0 Å². The average Bonchev–Trinajstić information content (AvgIpc) is 2.81. The molecule has 3 aromatic rings. The van der Waals surface area contributed by atoms with Gasteiger partial charge in [0, 0.05) is 12.6 Å². The van der Waals surface area contributed by atoms with Crippen molar-refractivity contribution in [3.63, 3.8) is 0 Å². The molecular weight excluding hydrogens is 282 g/mol. The summed E-state index contributed by atoms with van der Waals surface area (Å²) >= 11 is 0. The van der Waals surface area contributed by atoms with Crippen molar-refractivity contribution in [2.24, 2.45) is 7.05 Å². The normalized spacial score (nSPS) is 10.9. The molecular formula is C16H15N3O3. The van der Waals surface area contributed by atoms with Gasteiger partial charge in [0.25, 0.3) is 0 Å². The summed E-state index contributed by atoms with van der Waals surface area (Å²) in [6, 6.07) is 8.91. The molecule has 1 N–H and O–H groups in total. The van der Waals surface area contributed by atoms with E-state index in [0.29, 0.717) is 22.4 Å². The molecule has 0 atom stereocenters. The number of fused-ring (bicyclic) bond motifs is 1. The Hall–Kier alpha value is -2.89. The Morgan fingerprint density at radius 3 is 2.55 bits per heavy atom. The lowest BCUT2D eigenvalue weighted by Crippen LogP contribution is -2.01. The fourth-order valence-electron chi connectivity index (χ4n) is 2.52. The van der Waals surface area contributed by atoms with Gasteiger partial charge in [-0.25, -0.2) is 9.78 Å². The van der Waals surface area contributed by atoms with Gasteiger partial charge in [-0.05, 0) is 37.3 Å². The van der Waals surface area contributed by atoms with E-state index in [2.05, 4.69) is 10.1 Å². The van der Waals surface area contributed by atoms with E-state index in [1.807, 2.05) is 24.3 Å². The predicted octanol–water partition coefficient (Wildman–Crippen LogP) is 2.65.